The number of hydrogen-bond donors (Lipinski definition) is 1. The first-order valence-electron chi connectivity index (χ1n) is 5.46. The molecule has 3 heterocycles. The number of aromatic nitrogens is 4. The maximum Gasteiger partial charge on any atom is 0.158 e. The molecule has 0 aliphatic carbocycles. The molecule has 17 heavy (non-hydrogen) atoms. The molecule has 0 amide bonds. The van der Waals surface area contributed by atoms with Gasteiger partial charge in [-0.05, 0) is 12.1 Å². The van der Waals surface area contributed by atoms with Gasteiger partial charge in [0, 0.05) is 25.4 Å². The van der Waals surface area contributed by atoms with Crippen molar-refractivity contribution in [2.24, 2.45) is 0 Å². The maximum atomic E-state index is 5.31. The predicted molar refractivity (Wildman–Crippen MR) is 62.2 cm³/mol. The van der Waals surface area contributed by atoms with Crippen molar-refractivity contribution < 1.29 is 4.42 Å². The van der Waals surface area contributed by atoms with E-state index in [0.717, 1.165) is 30.2 Å². The number of aromatic amines is 1. The Morgan fingerprint density at radius 3 is 3.18 bits per heavy atom. The van der Waals surface area contributed by atoms with Crippen LogP contribution in [0, 0.1) is 0 Å². The molecule has 0 saturated heterocycles. The summed E-state index contributed by atoms with van der Waals surface area (Å²) in [5.41, 5.74) is 0.925. The fourth-order valence-electron chi connectivity index (χ4n) is 1.80. The molecule has 0 unspecified atom stereocenters. The van der Waals surface area contributed by atoms with Gasteiger partial charge in [0.25, 0.3) is 0 Å². The fourth-order valence-corrected chi connectivity index (χ4v) is 1.80. The zero-order chi connectivity index (χ0) is 11.5. The van der Waals surface area contributed by atoms with Gasteiger partial charge in [-0.2, -0.15) is 0 Å². The number of H-pyrrole nitrogens is 1. The Balaban J connectivity index is 1.78. The molecule has 0 aliphatic heterocycles. The molecule has 0 radical (unpaired) electrons. The minimum atomic E-state index is 0.835. The summed E-state index contributed by atoms with van der Waals surface area (Å²) in [6.45, 7) is 0.835. The Labute approximate surface area is 98.1 Å². The summed E-state index contributed by atoms with van der Waals surface area (Å²) < 4.78 is 7.39. The van der Waals surface area contributed by atoms with E-state index in [1.165, 1.54) is 0 Å². The summed E-state index contributed by atoms with van der Waals surface area (Å²) in [6.07, 6.45) is 9.72. The highest BCUT2D eigenvalue weighted by Crippen LogP contribution is 2.14. The quantitative estimate of drug-likeness (QED) is 0.744. The molecule has 3 rings (SSSR count). The first-order valence-corrected chi connectivity index (χ1v) is 5.46. The number of imidazole rings is 2. The molecule has 5 nitrogen and oxygen atoms in total. The second kappa shape index (κ2) is 4.29. The van der Waals surface area contributed by atoms with Crippen LogP contribution >= 0.6 is 0 Å². The van der Waals surface area contributed by atoms with Gasteiger partial charge >= 0.3 is 0 Å². The Morgan fingerprint density at radius 1 is 1.41 bits per heavy atom. The molecule has 0 aromatic carbocycles. The monoisotopic (exact) mass is 228 g/mol. The van der Waals surface area contributed by atoms with Crippen LogP contribution in [-0.2, 0) is 13.0 Å². The lowest BCUT2D eigenvalue weighted by atomic mass is 10.3. The maximum absolute atomic E-state index is 5.31. The van der Waals surface area contributed by atoms with Crippen molar-refractivity contribution >= 4 is 0 Å². The second-order valence-corrected chi connectivity index (χ2v) is 3.74. The molecular weight excluding hydrogens is 216 g/mol. The van der Waals surface area contributed by atoms with E-state index in [9.17, 15) is 0 Å². The zero-order valence-corrected chi connectivity index (χ0v) is 9.21. The van der Waals surface area contributed by atoms with Crippen molar-refractivity contribution in [1.29, 1.82) is 0 Å². The molecule has 5 heteroatoms. The van der Waals surface area contributed by atoms with Crippen molar-refractivity contribution in [1.82, 2.24) is 19.5 Å². The Hall–Kier alpha value is -2.30. The topological polar surface area (TPSA) is 59.6 Å². The third kappa shape index (κ3) is 1.99. The summed E-state index contributed by atoms with van der Waals surface area (Å²) >= 11 is 0. The van der Waals surface area contributed by atoms with E-state index in [1.54, 1.807) is 25.0 Å². The van der Waals surface area contributed by atoms with E-state index in [1.807, 2.05) is 18.3 Å². The highest BCUT2D eigenvalue weighted by Gasteiger charge is 2.07. The number of aryl methyl sites for hydroxylation is 2. The van der Waals surface area contributed by atoms with Crippen LogP contribution in [0.3, 0.4) is 0 Å². The lowest BCUT2D eigenvalue weighted by Gasteiger charge is -2.04. The van der Waals surface area contributed by atoms with E-state index < -0.39 is 0 Å². The third-order valence-corrected chi connectivity index (χ3v) is 2.63. The number of nitrogens with one attached hydrogen (secondary N) is 1. The Kier molecular flexibility index (Phi) is 2.50. The standard InChI is InChI=1S/C12H12N4O/c1-2-10(17-7-1)3-5-16-6-4-14-12(16)11-8-13-9-15-11/h1-2,4,6-9H,3,5H2,(H,13,15). The van der Waals surface area contributed by atoms with Crippen LogP contribution in [0.15, 0.2) is 47.7 Å². The largest absolute Gasteiger partial charge is 0.469 e. The second-order valence-electron chi connectivity index (χ2n) is 3.74. The zero-order valence-electron chi connectivity index (χ0n) is 9.21. The summed E-state index contributed by atoms with van der Waals surface area (Å²) in [6, 6.07) is 3.88. The minimum Gasteiger partial charge on any atom is -0.469 e. The highest BCUT2D eigenvalue weighted by atomic mass is 16.3. The first-order chi connectivity index (χ1) is 8.43. The number of rotatable bonds is 4. The van der Waals surface area contributed by atoms with Gasteiger partial charge in [-0.3, -0.25) is 0 Å². The normalized spacial score (nSPS) is 10.8. The van der Waals surface area contributed by atoms with Gasteiger partial charge < -0.3 is 14.0 Å². The molecule has 0 saturated carbocycles. The van der Waals surface area contributed by atoms with Crippen molar-refractivity contribution in [3.63, 3.8) is 0 Å². The van der Waals surface area contributed by atoms with Gasteiger partial charge in [-0.25, -0.2) is 9.97 Å². The van der Waals surface area contributed by atoms with Crippen molar-refractivity contribution in [3.8, 4) is 11.5 Å². The van der Waals surface area contributed by atoms with Crippen molar-refractivity contribution in [3.05, 3.63) is 49.1 Å². The smallest absolute Gasteiger partial charge is 0.158 e. The molecule has 1 N–H and O–H groups in total. The molecule has 3 aromatic heterocycles. The van der Waals surface area contributed by atoms with Gasteiger partial charge in [0.1, 0.15) is 11.5 Å². The highest BCUT2D eigenvalue weighted by molar-refractivity contribution is 5.47. The Bertz CT molecular complexity index is 565. The van der Waals surface area contributed by atoms with E-state index in [0.29, 0.717) is 0 Å². The molecule has 0 fully saturated rings. The number of nitrogens with zero attached hydrogens (tertiary/aromatic N) is 3. The fraction of sp³-hybridized carbons (Fsp3) is 0.167. The molecule has 0 aliphatic rings. The van der Waals surface area contributed by atoms with Crippen molar-refractivity contribution in [2.45, 2.75) is 13.0 Å². The van der Waals surface area contributed by atoms with Crippen LogP contribution in [0.1, 0.15) is 5.76 Å². The lowest BCUT2D eigenvalue weighted by Crippen LogP contribution is -2.02. The van der Waals surface area contributed by atoms with E-state index in [2.05, 4.69) is 19.5 Å². The van der Waals surface area contributed by atoms with E-state index in [4.69, 9.17) is 4.42 Å². The summed E-state index contributed by atoms with van der Waals surface area (Å²) in [7, 11) is 0. The predicted octanol–water partition coefficient (Wildman–Crippen LogP) is 2.11. The van der Waals surface area contributed by atoms with Gasteiger partial charge in [0.05, 0.1) is 18.8 Å². The number of hydrogen-bond acceptors (Lipinski definition) is 3. The molecule has 0 bridgehead atoms. The van der Waals surface area contributed by atoms with E-state index in [-0.39, 0.29) is 0 Å². The summed E-state index contributed by atoms with van der Waals surface area (Å²) in [5, 5.41) is 0. The molecular formula is C12H12N4O. The van der Waals surface area contributed by atoms with Crippen LogP contribution in [0.5, 0.6) is 0 Å². The molecule has 0 spiro atoms. The number of furan rings is 1. The minimum absolute atomic E-state index is 0.835. The third-order valence-electron chi connectivity index (χ3n) is 2.63. The summed E-state index contributed by atoms with van der Waals surface area (Å²) in [5.74, 6) is 1.88. The van der Waals surface area contributed by atoms with Gasteiger partial charge in [0.2, 0.25) is 0 Å². The van der Waals surface area contributed by atoms with Crippen LogP contribution in [0.25, 0.3) is 11.5 Å². The summed E-state index contributed by atoms with van der Waals surface area (Å²) in [4.78, 5) is 11.4. The average Bonchev–Trinajstić information content (AvgIpc) is 3.09. The van der Waals surface area contributed by atoms with Crippen LogP contribution in [0.4, 0.5) is 0 Å². The first kappa shape index (κ1) is 9.89. The molecule has 86 valence electrons. The van der Waals surface area contributed by atoms with Gasteiger partial charge in [0.15, 0.2) is 5.82 Å². The van der Waals surface area contributed by atoms with Crippen LogP contribution < -0.4 is 0 Å². The van der Waals surface area contributed by atoms with E-state index >= 15 is 0 Å². The molecule has 0 atom stereocenters. The molecule has 3 aromatic rings. The van der Waals surface area contributed by atoms with Crippen molar-refractivity contribution in [2.75, 3.05) is 0 Å². The van der Waals surface area contributed by atoms with Crippen LogP contribution in [-0.4, -0.2) is 19.5 Å². The lowest BCUT2D eigenvalue weighted by molar-refractivity contribution is 0.492. The average molecular weight is 228 g/mol. The van der Waals surface area contributed by atoms with Gasteiger partial charge in [-0.1, -0.05) is 0 Å². The van der Waals surface area contributed by atoms with Crippen LogP contribution in [0.2, 0.25) is 0 Å². The Morgan fingerprint density at radius 2 is 2.41 bits per heavy atom. The van der Waals surface area contributed by atoms with Gasteiger partial charge in [-0.15, -0.1) is 0 Å². The SMILES string of the molecule is c1coc(CCn2ccnc2-c2cnc[nH]2)c1.